The molecule has 8 aromatic rings. The standard InChI is InChI=1S/C52H35B3N4O2/c53-44-43(48(60)46(55)49(61)45(44)54)39-28-32(29-14-4-1-5-15-29)24-25-37(39)41-35-22-11-10-20-33(35)36-26-27-38-34-21-12-13-23-40(34)59(47(38)42(36)41)52-57-50(30-16-6-2-7-17-30)56-51(58-52)31-18-8-3-9-19-31/h1-25,28,41,50,60-61H,26-27H2,(H,56,57,58). The monoisotopic (exact) mass is 780 g/mol. The van der Waals surface area contributed by atoms with Gasteiger partial charge in [0.05, 0.1) is 11.2 Å². The Kier molecular flexibility index (Phi) is 8.74. The van der Waals surface area contributed by atoms with Gasteiger partial charge in [0, 0.05) is 22.4 Å². The van der Waals surface area contributed by atoms with E-state index in [1.807, 2.05) is 72.8 Å². The van der Waals surface area contributed by atoms with Gasteiger partial charge in [-0.2, -0.15) is 0 Å². The molecular weight excluding hydrogens is 745 g/mol. The van der Waals surface area contributed by atoms with Crippen LogP contribution >= 0.6 is 0 Å². The number of fused-ring (bicyclic) bond motifs is 6. The number of para-hydroxylation sites is 1. The maximum Gasteiger partial charge on any atom is 0.211 e. The lowest BCUT2D eigenvalue weighted by Gasteiger charge is -2.29. The van der Waals surface area contributed by atoms with Gasteiger partial charge in [-0.25, -0.2) is 9.98 Å². The Morgan fingerprint density at radius 2 is 1.23 bits per heavy atom. The van der Waals surface area contributed by atoms with E-state index in [-0.39, 0.29) is 33.6 Å². The number of amidine groups is 1. The van der Waals surface area contributed by atoms with Crippen LogP contribution in [-0.2, 0) is 6.42 Å². The van der Waals surface area contributed by atoms with Gasteiger partial charge in [-0.15, -0.1) is 0 Å². The molecule has 2 heterocycles. The zero-order chi connectivity index (χ0) is 41.4. The first-order valence-corrected chi connectivity index (χ1v) is 20.4. The third-order valence-electron chi connectivity index (χ3n) is 12.5. The first-order chi connectivity index (χ1) is 29.9. The van der Waals surface area contributed by atoms with Crippen molar-refractivity contribution in [3.05, 3.63) is 197 Å². The van der Waals surface area contributed by atoms with E-state index in [0.717, 1.165) is 74.2 Å². The van der Waals surface area contributed by atoms with Crippen LogP contribution in [0.3, 0.4) is 0 Å². The van der Waals surface area contributed by atoms with Gasteiger partial charge in [-0.05, 0) is 86.1 Å². The zero-order valence-corrected chi connectivity index (χ0v) is 33.0. The number of aryl methyl sites for hydroxylation is 1. The maximum atomic E-state index is 11.8. The molecule has 2 atom stereocenters. The Balaban J connectivity index is 1.19. The maximum absolute atomic E-state index is 11.8. The minimum atomic E-state index is -0.494. The second kappa shape index (κ2) is 14.5. The molecule has 6 radical (unpaired) electrons. The summed E-state index contributed by atoms with van der Waals surface area (Å²) in [6.45, 7) is 0. The van der Waals surface area contributed by atoms with Crippen LogP contribution in [0.5, 0.6) is 11.5 Å². The number of phenols is 2. The topological polar surface area (TPSA) is 82.1 Å². The molecule has 2 aliphatic carbocycles. The molecule has 3 aliphatic rings. The van der Waals surface area contributed by atoms with Gasteiger partial charge in [0.2, 0.25) is 5.96 Å². The predicted octanol–water partition coefficient (Wildman–Crippen LogP) is 7.72. The van der Waals surface area contributed by atoms with Crippen LogP contribution in [0.15, 0.2) is 168 Å². The van der Waals surface area contributed by atoms with Crippen molar-refractivity contribution >= 4 is 73.8 Å². The summed E-state index contributed by atoms with van der Waals surface area (Å²) in [6.07, 6.45) is 1.17. The van der Waals surface area contributed by atoms with E-state index in [1.165, 1.54) is 16.7 Å². The largest absolute Gasteiger partial charge is 0.509 e. The normalized spacial score (nSPS) is 16.7. The third kappa shape index (κ3) is 5.82. The van der Waals surface area contributed by atoms with Crippen molar-refractivity contribution in [1.82, 2.24) is 9.88 Å². The van der Waals surface area contributed by atoms with E-state index in [9.17, 15) is 10.2 Å². The number of aromatic hydroxyl groups is 2. The number of nitrogens with zero attached hydrogens (tertiary/aromatic N) is 3. The molecular formula is C52H35B3N4O2. The van der Waals surface area contributed by atoms with E-state index in [1.54, 1.807) is 0 Å². The highest BCUT2D eigenvalue weighted by molar-refractivity contribution is 6.55. The lowest BCUT2D eigenvalue weighted by atomic mass is 9.69. The molecule has 6 nitrogen and oxygen atoms in total. The molecule has 284 valence electrons. The Hall–Kier alpha value is -7.25. The Bertz CT molecular complexity index is 3150. The molecule has 3 N–H and O–H groups in total. The van der Waals surface area contributed by atoms with E-state index >= 15 is 0 Å². The highest BCUT2D eigenvalue weighted by atomic mass is 16.3. The number of aromatic nitrogens is 1. The molecule has 1 aliphatic heterocycles. The number of benzene rings is 7. The Morgan fingerprint density at radius 1 is 0.574 bits per heavy atom. The van der Waals surface area contributed by atoms with Crippen LogP contribution in [0, 0.1) is 0 Å². The molecule has 0 amide bonds. The van der Waals surface area contributed by atoms with Crippen molar-refractivity contribution in [3.63, 3.8) is 0 Å². The summed E-state index contributed by atoms with van der Waals surface area (Å²) >= 11 is 0. The third-order valence-corrected chi connectivity index (χ3v) is 12.5. The molecule has 7 aromatic carbocycles. The van der Waals surface area contributed by atoms with Crippen LogP contribution in [0.4, 0.5) is 0 Å². The van der Waals surface area contributed by atoms with Crippen molar-refractivity contribution in [2.24, 2.45) is 9.98 Å². The van der Waals surface area contributed by atoms with E-state index in [0.29, 0.717) is 11.5 Å². The summed E-state index contributed by atoms with van der Waals surface area (Å²) in [5.41, 5.74) is 13.5. The molecule has 0 spiro atoms. The van der Waals surface area contributed by atoms with Gasteiger partial charge in [0.25, 0.3) is 0 Å². The molecule has 9 heteroatoms. The number of aliphatic imine (C=N–C) groups is 2. The zero-order valence-electron chi connectivity index (χ0n) is 33.0. The molecule has 0 bridgehead atoms. The van der Waals surface area contributed by atoms with E-state index < -0.39 is 11.9 Å². The molecule has 61 heavy (non-hydrogen) atoms. The molecule has 0 saturated carbocycles. The average molecular weight is 780 g/mol. The lowest BCUT2D eigenvalue weighted by Crippen LogP contribution is -2.40. The smallest absolute Gasteiger partial charge is 0.211 e. The highest BCUT2D eigenvalue weighted by Crippen LogP contribution is 2.57. The Labute approximate surface area is 357 Å². The lowest BCUT2D eigenvalue weighted by molar-refractivity contribution is 0.463. The summed E-state index contributed by atoms with van der Waals surface area (Å²) < 4.78 is 2.30. The molecule has 2 unspecified atom stereocenters. The second-order valence-corrected chi connectivity index (χ2v) is 15.8. The van der Waals surface area contributed by atoms with Crippen LogP contribution in [0.25, 0.3) is 44.3 Å². The van der Waals surface area contributed by atoms with Gasteiger partial charge in [-0.3, -0.25) is 4.57 Å². The van der Waals surface area contributed by atoms with Crippen molar-refractivity contribution in [1.29, 1.82) is 0 Å². The number of nitrogens with one attached hydrogen (secondary N) is 1. The second-order valence-electron chi connectivity index (χ2n) is 15.8. The molecule has 1 aromatic heterocycles. The summed E-state index contributed by atoms with van der Waals surface area (Å²) in [6, 6.07) is 53.9. The number of allylic oxidation sites excluding steroid dienone is 2. The average Bonchev–Trinajstić information content (AvgIpc) is 3.84. The van der Waals surface area contributed by atoms with Crippen molar-refractivity contribution in [2.45, 2.75) is 24.9 Å². The Morgan fingerprint density at radius 3 is 2.00 bits per heavy atom. The number of hydrogen-bond acceptors (Lipinski definition) is 5. The fourth-order valence-corrected chi connectivity index (χ4v) is 9.64. The molecule has 11 rings (SSSR count). The number of phenolic OH excluding ortho intramolecular Hbond substituents is 2. The highest BCUT2D eigenvalue weighted by Gasteiger charge is 2.41. The number of hydrogen-bond donors (Lipinski definition) is 3. The number of rotatable bonds is 5. The van der Waals surface area contributed by atoms with E-state index in [2.05, 4.69) is 94.8 Å². The van der Waals surface area contributed by atoms with Crippen LogP contribution in [0.1, 0.15) is 57.6 Å². The van der Waals surface area contributed by atoms with Gasteiger partial charge >= 0.3 is 0 Å². The quantitative estimate of drug-likeness (QED) is 0.157. The van der Waals surface area contributed by atoms with Gasteiger partial charge < -0.3 is 15.5 Å². The summed E-state index contributed by atoms with van der Waals surface area (Å²) in [4.78, 5) is 10.6. The van der Waals surface area contributed by atoms with Crippen molar-refractivity contribution < 1.29 is 10.2 Å². The molecule has 0 saturated heterocycles. The summed E-state index contributed by atoms with van der Waals surface area (Å²) in [5, 5.41) is 27.5. The fourth-order valence-electron chi connectivity index (χ4n) is 9.64. The van der Waals surface area contributed by atoms with E-state index in [4.69, 9.17) is 33.5 Å². The van der Waals surface area contributed by atoms with Crippen molar-refractivity contribution in [2.75, 3.05) is 0 Å². The predicted molar refractivity (Wildman–Crippen MR) is 250 cm³/mol. The minimum absolute atomic E-state index is 0.0510. The van der Waals surface area contributed by atoms with Gasteiger partial charge in [0.1, 0.15) is 40.9 Å². The molecule has 0 fully saturated rings. The first-order valence-electron chi connectivity index (χ1n) is 20.4. The van der Waals surface area contributed by atoms with Gasteiger partial charge in [0.15, 0.2) is 6.17 Å². The van der Waals surface area contributed by atoms with Crippen molar-refractivity contribution in [3.8, 4) is 33.8 Å². The summed E-state index contributed by atoms with van der Waals surface area (Å²) in [5.74, 6) is 0.318. The van der Waals surface area contributed by atoms with Crippen LogP contribution < -0.4 is 21.7 Å². The SMILES string of the molecule is [B]c1c([B])c(-c2cc(-c3ccccc3)ccc2C2C3=C(CCc4c3n(C3=NC(c5ccccc5)N=C(c5ccccc5)N3)c3ccccc43)c3ccccc32)c(O)c([B])c1O. The minimum Gasteiger partial charge on any atom is -0.509 e. The van der Waals surface area contributed by atoms with Gasteiger partial charge in [-0.1, -0.05) is 157 Å². The first kappa shape index (κ1) is 36.8. The van der Waals surface area contributed by atoms with Crippen LogP contribution in [-0.4, -0.2) is 50.1 Å². The fraction of sp³-hybridized carbons (Fsp3) is 0.0769. The van der Waals surface area contributed by atoms with Crippen LogP contribution in [0.2, 0.25) is 0 Å². The summed E-state index contributed by atoms with van der Waals surface area (Å²) in [7, 11) is 19.6.